The summed E-state index contributed by atoms with van der Waals surface area (Å²) in [5.74, 6) is -0.447. The monoisotopic (exact) mass is 487 g/mol. The Morgan fingerprint density at radius 2 is 1.70 bits per heavy atom. The van der Waals surface area contributed by atoms with Crippen molar-refractivity contribution in [2.24, 2.45) is 7.05 Å². The molecule has 3 aromatic rings. The van der Waals surface area contributed by atoms with Crippen LogP contribution in [0.2, 0.25) is 5.02 Å². The molecule has 4 rings (SSSR count). The molecule has 0 spiro atoms. The van der Waals surface area contributed by atoms with Crippen molar-refractivity contribution in [2.45, 2.75) is 11.4 Å². The average Bonchev–Trinajstić information content (AvgIpc) is 3.23. The third-order valence-corrected chi connectivity index (χ3v) is 7.68. The number of carbonyl (C=O) groups is 1. The molecule has 1 fully saturated rings. The van der Waals surface area contributed by atoms with Crippen molar-refractivity contribution in [3.05, 3.63) is 76.9 Å². The average molecular weight is 488 g/mol. The standard InChI is InChI=1S/C23H26ClN5O3S/c1-27-17-21(22(30)25-12-11-18-5-3-2-4-6-18)23(26-27)33(31,32)29-15-13-28(14-16-29)20-9-7-19(24)8-10-20/h2-10,17H,11-16H2,1H3,(H,25,30). The number of hydrogen-bond donors (Lipinski definition) is 1. The first-order chi connectivity index (χ1) is 15.8. The van der Waals surface area contributed by atoms with Crippen LogP contribution in [0.15, 0.2) is 65.8 Å². The highest BCUT2D eigenvalue weighted by atomic mass is 35.5. The van der Waals surface area contributed by atoms with E-state index in [0.717, 1.165) is 11.3 Å². The number of piperazine rings is 1. The van der Waals surface area contributed by atoms with Crippen molar-refractivity contribution in [3.8, 4) is 0 Å². The van der Waals surface area contributed by atoms with Crippen LogP contribution in [0.5, 0.6) is 0 Å². The van der Waals surface area contributed by atoms with Gasteiger partial charge in [-0.15, -0.1) is 0 Å². The van der Waals surface area contributed by atoms with Crippen LogP contribution in [0.25, 0.3) is 0 Å². The summed E-state index contributed by atoms with van der Waals surface area (Å²) >= 11 is 5.96. The van der Waals surface area contributed by atoms with E-state index in [2.05, 4.69) is 15.3 Å². The Balaban J connectivity index is 1.42. The van der Waals surface area contributed by atoms with Gasteiger partial charge in [0.15, 0.2) is 0 Å². The van der Waals surface area contributed by atoms with Crippen LogP contribution in [0, 0.1) is 0 Å². The molecule has 174 valence electrons. The Morgan fingerprint density at radius 1 is 1.03 bits per heavy atom. The van der Waals surface area contributed by atoms with Gasteiger partial charge in [0.1, 0.15) is 0 Å². The summed E-state index contributed by atoms with van der Waals surface area (Å²) in [6.07, 6.45) is 2.11. The third-order valence-electron chi connectivity index (χ3n) is 5.60. The topological polar surface area (TPSA) is 87.5 Å². The van der Waals surface area contributed by atoms with Gasteiger partial charge in [0.2, 0.25) is 5.03 Å². The Morgan fingerprint density at radius 3 is 2.36 bits per heavy atom. The SMILES string of the molecule is Cn1cc(C(=O)NCCc2ccccc2)c(S(=O)(=O)N2CCN(c3ccc(Cl)cc3)CC2)n1. The zero-order valence-corrected chi connectivity index (χ0v) is 19.9. The molecule has 1 amide bonds. The molecule has 2 aromatic carbocycles. The fourth-order valence-electron chi connectivity index (χ4n) is 3.84. The van der Waals surface area contributed by atoms with Crippen LogP contribution in [-0.2, 0) is 23.5 Å². The van der Waals surface area contributed by atoms with E-state index in [1.807, 2.05) is 54.6 Å². The van der Waals surface area contributed by atoms with E-state index < -0.39 is 15.9 Å². The smallest absolute Gasteiger partial charge is 0.263 e. The predicted octanol–water partition coefficient (Wildman–Crippen LogP) is 2.56. The highest BCUT2D eigenvalue weighted by Crippen LogP contribution is 2.23. The maximum absolute atomic E-state index is 13.3. The van der Waals surface area contributed by atoms with Crippen LogP contribution in [0.4, 0.5) is 5.69 Å². The number of halogens is 1. The number of sulfonamides is 1. The second-order valence-electron chi connectivity index (χ2n) is 7.88. The Labute approximate surface area is 198 Å². The number of nitrogens with one attached hydrogen (secondary N) is 1. The number of rotatable bonds is 7. The first-order valence-corrected chi connectivity index (χ1v) is 12.5. The molecule has 0 unspecified atom stereocenters. The summed E-state index contributed by atoms with van der Waals surface area (Å²) < 4.78 is 29.4. The minimum Gasteiger partial charge on any atom is -0.369 e. The van der Waals surface area contributed by atoms with E-state index in [4.69, 9.17) is 11.6 Å². The lowest BCUT2D eigenvalue weighted by Crippen LogP contribution is -2.49. The van der Waals surface area contributed by atoms with Gasteiger partial charge in [-0.3, -0.25) is 9.48 Å². The second-order valence-corrected chi connectivity index (χ2v) is 10.2. The molecule has 1 aliphatic heterocycles. The van der Waals surface area contributed by atoms with E-state index in [9.17, 15) is 13.2 Å². The number of anilines is 1. The van der Waals surface area contributed by atoms with E-state index in [0.29, 0.717) is 44.2 Å². The molecule has 1 aromatic heterocycles. The van der Waals surface area contributed by atoms with E-state index in [-0.39, 0.29) is 10.6 Å². The Hall–Kier alpha value is -2.88. The lowest BCUT2D eigenvalue weighted by atomic mass is 10.1. The normalized spacial score (nSPS) is 14.9. The molecule has 8 nitrogen and oxygen atoms in total. The van der Waals surface area contributed by atoms with E-state index >= 15 is 0 Å². The van der Waals surface area contributed by atoms with Crippen molar-refractivity contribution in [3.63, 3.8) is 0 Å². The van der Waals surface area contributed by atoms with Crippen molar-refractivity contribution in [2.75, 3.05) is 37.6 Å². The van der Waals surface area contributed by atoms with Crippen LogP contribution >= 0.6 is 11.6 Å². The van der Waals surface area contributed by atoms with Gasteiger partial charge in [-0.2, -0.15) is 9.40 Å². The van der Waals surface area contributed by atoms with Gasteiger partial charge in [0, 0.05) is 56.7 Å². The molecule has 10 heteroatoms. The number of amides is 1. The van der Waals surface area contributed by atoms with Gasteiger partial charge >= 0.3 is 0 Å². The fraction of sp³-hybridized carbons (Fsp3) is 0.304. The van der Waals surface area contributed by atoms with Crippen molar-refractivity contribution < 1.29 is 13.2 Å². The minimum atomic E-state index is -3.91. The van der Waals surface area contributed by atoms with Crippen molar-refractivity contribution in [1.29, 1.82) is 0 Å². The van der Waals surface area contributed by atoms with Crippen LogP contribution in [0.3, 0.4) is 0 Å². The van der Waals surface area contributed by atoms with Crippen molar-refractivity contribution in [1.82, 2.24) is 19.4 Å². The molecule has 0 bridgehead atoms. The van der Waals surface area contributed by atoms with Gasteiger partial charge in [-0.25, -0.2) is 8.42 Å². The molecule has 2 heterocycles. The van der Waals surface area contributed by atoms with Gasteiger partial charge in [-0.05, 0) is 36.2 Å². The number of benzene rings is 2. The van der Waals surface area contributed by atoms with E-state index in [1.54, 1.807) is 7.05 Å². The molecule has 0 radical (unpaired) electrons. The summed E-state index contributed by atoms with van der Waals surface area (Å²) in [6.45, 7) is 2.07. The second kappa shape index (κ2) is 9.94. The number of aryl methyl sites for hydroxylation is 1. The summed E-state index contributed by atoms with van der Waals surface area (Å²) in [4.78, 5) is 14.9. The van der Waals surface area contributed by atoms with Gasteiger partial charge in [0.05, 0.1) is 5.56 Å². The molecule has 1 N–H and O–H groups in total. The van der Waals surface area contributed by atoms with Gasteiger partial charge < -0.3 is 10.2 Å². The van der Waals surface area contributed by atoms with Crippen LogP contribution in [-0.4, -0.2) is 61.1 Å². The zero-order valence-electron chi connectivity index (χ0n) is 18.3. The Kier molecular flexibility index (Phi) is 7.02. The molecule has 0 atom stereocenters. The predicted molar refractivity (Wildman–Crippen MR) is 128 cm³/mol. The first kappa shape index (κ1) is 23.3. The highest BCUT2D eigenvalue weighted by molar-refractivity contribution is 7.89. The molecule has 0 aliphatic carbocycles. The Bertz CT molecular complexity index is 1200. The van der Waals surface area contributed by atoms with Gasteiger partial charge in [0.25, 0.3) is 15.9 Å². The molecular weight excluding hydrogens is 462 g/mol. The quantitative estimate of drug-likeness (QED) is 0.553. The molecule has 33 heavy (non-hydrogen) atoms. The molecule has 1 saturated heterocycles. The highest BCUT2D eigenvalue weighted by Gasteiger charge is 2.34. The summed E-state index contributed by atoms with van der Waals surface area (Å²) in [5.41, 5.74) is 2.15. The number of hydrogen-bond acceptors (Lipinski definition) is 5. The first-order valence-electron chi connectivity index (χ1n) is 10.7. The molecule has 1 aliphatic rings. The van der Waals surface area contributed by atoms with Crippen LogP contribution < -0.4 is 10.2 Å². The lowest BCUT2D eigenvalue weighted by Gasteiger charge is -2.35. The lowest BCUT2D eigenvalue weighted by molar-refractivity contribution is 0.0950. The number of nitrogens with zero attached hydrogens (tertiary/aromatic N) is 4. The van der Waals surface area contributed by atoms with Crippen molar-refractivity contribution >= 4 is 33.2 Å². The minimum absolute atomic E-state index is 0.0608. The fourth-order valence-corrected chi connectivity index (χ4v) is 5.51. The summed E-state index contributed by atoms with van der Waals surface area (Å²) in [5, 5.41) is 7.40. The molecule has 0 saturated carbocycles. The third kappa shape index (κ3) is 5.38. The van der Waals surface area contributed by atoms with Gasteiger partial charge in [-0.1, -0.05) is 41.9 Å². The summed E-state index contributed by atoms with van der Waals surface area (Å²) in [6, 6.07) is 17.3. The molecular formula is C23H26ClN5O3S. The number of aromatic nitrogens is 2. The zero-order chi connectivity index (χ0) is 23.4. The maximum Gasteiger partial charge on any atom is 0.263 e. The maximum atomic E-state index is 13.3. The largest absolute Gasteiger partial charge is 0.369 e. The number of carbonyl (C=O) groups excluding carboxylic acids is 1. The summed E-state index contributed by atoms with van der Waals surface area (Å²) in [7, 11) is -2.30. The van der Waals surface area contributed by atoms with E-state index in [1.165, 1.54) is 15.2 Å². The van der Waals surface area contributed by atoms with Crippen LogP contribution in [0.1, 0.15) is 15.9 Å².